The van der Waals surface area contributed by atoms with Gasteiger partial charge >= 0.3 is 5.97 Å². The SMILES string of the molecule is CCOc1c(Cl)cc(C(=O)OCC(=O)c2ccc3c(c2)CCO3)cc1OC. The average Bonchev–Trinajstić information content (AvgIpc) is 3.15. The number of hydrogen-bond donors (Lipinski definition) is 0. The molecule has 0 saturated heterocycles. The third kappa shape index (κ3) is 4.17. The summed E-state index contributed by atoms with van der Waals surface area (Å²) in [4.78, 5) is 24.6. The maximum absolute atomic E-state index is 12.3. The molecule has 1 heterocycles. The van der Waals surface area contributed by atoms with Gasteiger partial charge in [-0.1, -0.05) is 11.6 Å². The van der Waals surface area contributed by atoms with E-state index in [-0.39, 0.29) is 23.0 Å². The van der Waals surface area contributed by atoms with Crippen molar-refractivity contribution in [3.8, 4) is 17.2 Å². The van der Waals surface area contributed by atoms with Crippen LogP contribution in [0.25, 0.3) is 0 Å². The highest BCUT2D eigenvalue weighted by Crippen LogP contribution is 2.36. The first-order valence-corrected chi connectivity index (χ1v) is 8.87. The predicted molar refractivity (Wildman–Crippen MR) is 99.4 cm³/mol. The summed E-state index contributed by atoms with van der Waals surface area (Å²) in [7, 11) is 1.45. The lowest BCUT2D eigenvalue weighted by molar-refractivity contribution is 0.0474. The number of halogens is 1. The molecule has 6 nitrogen and oxygen atoms in total. The Morgan fingerprint density at radius 3 is 2.74 bits per heavy atom. The van der Waals surface area contributed by atoms with Crippen molar-refractivity contribution >= 4 is 23.4 Å². The molecule has 0 amide bonds. The second kappa shape index (κ2) is 8.31. The second-order valence-corrected chi connectivity index (χ2v) is 6.25. The van der Waals surface area contributed by atoms with Gasteiger partial charge in [0.15, 0.2) is 23.9 Å². The summed E-state index contributed by atoms with van der Waals surface area (Å²) in [5.74, 6) is 0.508. The number of hydrogen-bond acceptors (Lipinski definition) is 6. The van der Waals surface area contributed by atoms with E-state index in [4.69, 9.17) is 30.5 Å². The maximum atomic E-state index is 12.3. The number of carbonyl (C=O) groups is 2. The molecule has 27 heavy (non-hydrogen) atoms. The van der Waals surface area contributed by atoms with Crippen LogP contribution >= 0.6 is 11.6 Å². The number of benzene rings is 2. The highest BCUT2D eigenvalue weighted by atomic mass is 35.5. The quantitative estimate of drug-likeness (QED) is 0.530. The van der Waals surface area contributed by atoms with Gasteiger partial charge in [-0.15, -0.1) is 0 Å². The highest BCUT2D eigenvalue weighted by Gasteiger charge is 2.19. The summed E-state index contributed by atoms with van der Waals surface area (Å²) in [6, 6.07) is 8.09. The minimum atomic E-state index is -0.670. The zero-order valence-corrected chi connectivity index (χ0v) is 15.8. The van der Waals surface area contributed by atoms with Gasteiger partial charge in [-0.25, -0.2) is 4.79 Å². The number of Topliss-reactive ketones (excluding diaryl/α,β-unsaturated/α-hetero) is 1. The average molecular weight is 391 g/mol. The Morgan fingerprint density at radius 1 is 1.19 bits per heavy atom. The molecule has 7 heteroatoms. The van der Waals surface area contributed by atoms with Crippen LogP contribution in [0, 0.1) is 0 Å². The van der Waals surface area contributed by atoms with Crippen LogP contribution in [0.3, 0.4) is 0 Å². The maximum Gasteiger partial charge on any atom is 0.338 e. The molecule has 1 aliphatic rings. The van der Waals surface area contributed by atoms with Gasteiger partial charge in [0, 0.05) is 12.0 Å². The van der Waals surface area contributed by atoms with Crippen LogP contribution in [-0.4, -0.2) is 38.7 Å². The van der Waals surface area contributed by atoms with E-state index in [2.05, 4.69) is 0 Å². The first-order valence-electron chi connectivity index (χ1n) is 8.49. The molecule has 0 N–H and O–H groups in total. The van der Waals surface area contributed by atoms with E-state index in [1.807, 2.05) is 6.92 Å². The van der Waals surface area contributed by atoms with E-state index in [0.717, 1.165) is 17.7 Å². The molecule has 2 aromatic rings. The van der Waals surface area contributed by atoms with Crippen molar-refractivity contribution in [2.45, 2.75) is 13.3 Å². The molecule has 0 unspecified atom stereocenters. The summed E-state index contributed by atoms with van der Waals surface area (Å²) in [5.41, 5.74) is 1.64. The third-order valence-corrected chi connectivity index (χ3v) is 4.38. The Bertz CT molecular complexity index is 877. The van der Waals surface area contributed by atoms with Crippen LogP contribution in [0.4, 0.5) is 0 Å². The van der Waals surface area contributed by atoms with Gasteiger partial charge in [0.2, 0.25) is 0 Å². The molecule has 0 saturated carbocycles. The Morgan fingerprint density at radius 2 is 2.00 bits per heavy atom. The minimum absolute atomic E-state index is 0.176. The Kier molecular flexibility index (Phi) is 5.86. The van der Waals surface area contributed by atoms with Gasteiger partial charge in [0.1, 0.15) is 5.75 Å². The van der Waals surface area contributed by atoms with E-state index < -0.39 is 5.97 Å². The molecule has 0 bridgehead atoms. The number of ether oxygens (including phenoxy) is 4. The molecule has 0 spiro atoms. The first kappa shape index (κ1) is 19.0. The Balaban J connectivity index is 1.68. The fourth-order valence-corrected chi connectivity index (χ4v) is 3.05. The standard InChI is InChI=1S/C20H19ClO6/c1-3-25-19-15(21)9-14(10-18(19)24-2)20(23)27-11-16(22)12-4-5-17-13(8-12)6-7-26-17/h4-5,8-10H,3,6-7,11H2,1-2H3. The first-order chi connectivity index (χ1) is 13.0. The number of rotatable bonds is 7. The van der Waals surface area contributed by atoms with Gasteiger partial charge in [-0.2, -0.15) is 0 Å². The van der Waals surface area contributed by atoms with Crippen LogP contribution in [0.15, 0.2) is 30.3 Å². The van der Waals surface area contributed by atoms with Crippen molar-refractivity contribution < 1.29 is 28.5 Å². The fraction of sp³-hybridized carbons (Fsp3) is 0.300. The van der Waals surface area contributed by atoms with Crippen molar-refractivity contribution in [2.75, 3.05) is 26.9 Å². The van der Waals surface area contributed by atoms with Crippen LogP contribution in [0.2, 0.25) is 5.02 Å². The number of methoxy groups -OCH3 is 1. The van der Waals surface area contributed by atoms with Gasteiger partial charge in [0.25, 0.3) is 0 Å². The topological polar surface area (TPSA) is 71.1 Å². The lowest BCUT2D eigenvalue weighted by atomic mass is 10.1. The van der Waals surface area contributed by atoms with Gasteiger partial charge in [-0.3, -0.25) is 4.79 Å². The zero-order valence-electron chi connectivity index (χ0n) is 15.0. The van der Waals surface area contributed by atoms with Crippen LogP contribution in [-0.2, 0) is 11.2 Å². The largest absolute Gasteiger partial charge is 0.493 e. The van der Waals surface area contributed by atoms with Crippen LogP contribution in [0.5, 0.6) is 17.2 Å². The summed E-state index contributed by atoms with van der Waals surface area (Å²) in [6.07, 6.45) is 0.765. The van der Waals surface area contributed by atoms with E-state index in [1.165, 1.54) is 19.2 Å². The molecule has 2 aromatic carbocycles. The zero-order chi connectivity index (χ0) is 19.4. The number of carbonyl (C=O) groups excluding carboxylic acids is 2. The summed E-state index contributed by atoms with van der Waals surface area (Å²) in [5, 5.41) is 0.230. The normalized spacial score (nSPS) is 12.1. The van der Waals surface area contributed by atoms with E-state index >= 15 is 0 Å². The summed E-state index contributed by atoms with van der Waals surface area (Å²) < 4.78 is 21.2. The third-order valence-electron chi connectivity index (χ3n) is 4.10. The Hall–Kier alpha value is -2.73. The molecule has 142 valence electrons. The molecule has 1 aliphatic heterocycles. The molecule has 0 fully saturated rings. The number of fused-ring (bicyclic) bond motifs is 1. The van der Waals surface area contributed by atoms with Gasteiger partial charge in [0.05, 0.1) is 30.9 Å². The molecule has 3 rings (SSSR count). The van der Waals surface area contributed by atoms with E-state index in [9.17, 15) is 9.59 Å². The molecular formula is C20H19ClO6. The van der Waals surface area contributed by atoms with Gasteiger partial charge < -0.3 is 18.9 Å². The lowest BCUT2D eigenvalue weighted by Gasteiger charge is -2.13. The van der Waals surface area contributed by atoms with E-state index in [1.54, 1.807) is 18.2 Å². The minimum Gasteiger partial charge on any atom is -0.493 e. The molecule has 0 atom stereocenters. The smallest absolute Gasteiger partial charge is 0.338 e. The van der Waals surface area contributed by atoms with E-state index in [0.29, 0.717) is 30.3 Å². The van der Waals surface area contributed by atoms with Crippen molar-refractivity contribution in [3.63, 3.8) is 0 Å². The number of esters is 1. The van der Waals surface area contributed by atoms with Gasteiger partial charge in [-0.05, 0) is 42.8 Å². The fourth-order valence-electron chi connectivity index (χ4n) is 2.78. The van der Waals surface area contributed by atoms with Crippen molar-refractivity contribution in [1.82, 2.24) is 0 Å². The van der Waals surface area contributed by atoms with Crippen molar-refractivity contribution in [3.05, 3.63) is 52.0 Å². The highest BCUT2D eigenvalue weighted by molar-refractivity contribution is 6.32. The number of ketones is 1. The van der Waals surface area contributed by atoms with Crippen LogP contribution in [0.1, 0.15) is 33.2 Å². The monoisotopic (exact) mass is 390 g/mol. The predicted octanol–water partition coefficient (Wildman–Crippen LogP) is 3.72. The summed E-state index contributed by atoms with van der Waals surface area (Å²) >= 11 is 6.16. The van der Waals surface area contributed by atoms with Crippen molar-refractivity contribution in [2.24, 2.45) is 0 Å². The molecular weight excluding hydrogens is 372 g/mol. The lowest BCUT2D eigenvalue weighted by Crippen LogP contribution is -2.14. The van der Waals surface area contributed by atoms with Crippen molar-refractivity contribution in [1.29, 1.82) is 0 Å². The molecule has 0 radical (unpaired) electrons. The summed E-state index contributed by atoms with van der Waals surface area (Å²) in [6.45, 7) is 2.46. The second-order valence-electron chi connectivity index (χ2n) is 5.84. The Labute approximate surface area is 161 Å². The molecule has 0 aromatic heterocycles. The molecule has 0 aliphatic carbocycles. The van der Waals surface area contributed by atoms with Crippen LogP contribution < -0.4 is 14.2 Å².